The minimum absolute atomic E-state index is 0. The summed E-state index contributed by atoms with van der Waals surface area (Å²) >= 11 is 0. The number of pyridine rings is 1. The highest BCUT2D eigenvalue weighted by atomic mass is 35.5. The first-order chi connectivity index (χ1) is 14.9. The van der Waals surface area contributed by atoms with Crippen LogP contribution >= 0.6 is 24.8 Å². The molecule has 33 heavy (non-hydrogen) atoms. The predicted octanol–water partition coefficient (Wildman–Crippen LogP) is 5.68. The zero-order valence-electron chi connectivity index (χ0n) is 17.2. The maximum Gasteiger partial charge on any atom is 0.433 e. The molecule has 2 aromatic carbocycles. The second-order valence-corrected chi connectivity index (χ2v) is 7.28. The van der Waals surface area contributed by atoms with E-state index in [1.165, 1.54) is 6.07 Å². The molecular formula is C23H22Cl2F3N3O2. The van der Waals surface area contributed by atoms with Gasteiger partial charge in [-0.15, -0.1) is 24.8 Å². The number of nitrogens with zero attached hydrogens (tertiary/aromatic N) is 1. The third kappa shape index (κ3) is 6.60. The number of anilines is 1. The zero-order chi connectivity index (χ0) is 21.8. The summed E-state index contributed by atoms with van der Waals surface area (Å²) in [6.45, 7) is 1.31. The van der Waals surface area contributed by atoms with Gasteiger partial charge < -0.3 is 15.4 Å². The van der Waals surface area contributed by atoms with E-state index in [0.29, 0.717) is 18.0 Å². The van der Waals surface area contributed by atoms with Gasteiger partial charge in [0.05, 0.1) is 12.1 Å². The summed E-state index contributed by atoms with van der Waals surface area (Å²) in [5.74, 6) is 0.307. The molecular weight excluding hydrogens is 478 g/mol. The summed E-state index contributed by atoms with van der Waals surface area (Å²) in [7, 11) is 0. The molecule has 1 aromatic heterocycles. The molecule has 3 aromatic rings. The zero-order valence-corrected chi connectivity index (χ0v) is 18.8. The molecule has 1 saturated heterocycles. The van der Waals surface area contributed by atoms with Gasteiger partial charge >= 0.3 is 6.18 Å². The lowest BCUT2D eigenvalue weighted by Gasteiger charge is -2.19. The van der Waals surface area contributed by atoms with Crippen molar-refractivity contribution in [2.24, 2.45) is 5.92 Å². The Kier molecular flexibility index (Phi) is 9.10. The summed E-state index contributed by atoms with van der Waals surface area (Å²) in [6, 6.07) is 18.7. The molecule has 0 unspecified atom stereocenters. The maximum absolute atomic E-state index is 12.9. The summed E-state index contributed by atoms with van der Waals surface area (Å²) in [4.78, 5) is 16.3. The van der Waals surface area contributed by atoms with Gasteiger partial charge in [-0.2, -0.15) is 13.2 Å². The van der Waals surface area contributed by atoms with Crippen molar-refractivity contribution in [3.63, 3.8) is 0 Å². The van der Waals surface area contributed by atoms with Gasteiger partial charge in [0.25, 0.3) is 0 Å². The van der Waals surface area contributed by atoms with Crippen LogP contribution < -0.4 is 15.4 Å². The van der Waals surface area contributed by atoms with E-state index in [4.69, 9.17) is 4.74 Å². The lowest BCUT2D eigenvalue weighted by molar-refractivity contribution is -0.141. The van der Waals surface area contributed by atoms with Crippen molar-refractivity contribution in [1.29, 1.82) is 0 Å². The number of nitrogens with one attached hydrogen (secondary N) is 2. The number of ether oxygens (including phenoxy) is 1. The normalized spacial score (nSPS) is 17.4. The standard InChI is InChI=1S/C23H20F3N3O2.2ClH/c24-23(25,26)21-10-9-18(12-28-21)31-17-8-4-7-16(11-17)29-22(30)20-14-27-13-19(20)15-5-2-1-3-6-15;;/h1-12,19-20,27H,13-14H2,(H,29,30);2*1H/t19-,20+;;/m1../s1. The molecule has 1 aliphatic rings. The van der Waals surface area contributed by atoms with Crippen LogP contribution in [0.25, 0.3) is 0 Å². The minimum Gasteiger partial charge on any atom is -0.456 e. The second-order valence-electron chi connectivity index (χ2n) is 7.28. The van der Waals surface area contributed by atoms with E-state index in [0.717, 1.165) is 24.4 Å². The van der Waals surface area contributed by atoms with Gasteiger partial charge in [-0.05, 0) is 29.8 Å². The minimum atomic E-state index is -4.50. The Morgan fingerprint density at radius 2 is 1.73 bits per heavy atom. The number of aromatic nitrogens is 1. The van der Waals surface area contributed by atoms with Crippen LogP contribution in [0.4, 0.5) is 18.9 Å². The van der Waals surface area contributed by atoms with Gasteiger partial charge in [-0.3, -0.25) is 4.79 Å². The molecule has 1 aliphatic heterocycles. The number of rotatable bonds is 5. The smallest absolute Gasteiger partial charge is 0.433 e. The first-order valence-corrected chi connectivity index (χ1v) is 9.78. The Morgan fingerprint density at radius 3 is 2.39 bits per heavy atom. The molecule has 0 radical (unpaired) electrons. The Balaban J connectivity index is 0.00000193. The fraction of sp³-hybridized carbons (Fsp3) is 0.217. The Morgan fingerprint density at radius 1 is 0.970 bits per heavy atom. The van der Waals surface area contributed by atoms with E-state index in [1.807, 2.05) is 30.3 Å². The average Bonchev–Trinajstić information content (AvgIpc) is 3.25. The van der Waals surface area contributed by atoms with Crippen LogP contribution in [0.3, 0.4) is 0 Å². The number of alkyl halides is 3. The van der Waals surface area contributed by atoms with Gasteiger partial charge in [0, 0.05) is 30.8 Å². The summed E-state index contributed by atoms with van der Waals surface area (Å²) in [6.07, 6.45) is -3.49. The molecule has 0 aliphatic carbocycles. The molecule has 2 N–H and O–H groups in total. The van der Waals surface area contributed by atoms with Crippen molar-refractivity contribution in [2.75, 3.05) is 18.4 Å². The largest absolute Gasteiger partial charge is 0.456 e. The summed E-state index contributed by atoms with van der Waals surface area (Å²) in [5.41, 5.74) is 0.666. The third-order valence-corrected chi connectivity index (χ3v) is 5.14. The highest BCUT2D eigenvalue weighted by molar-refractivity contribution is 5.93. The van der Waals surface area contributed by atoms with Crippen LogP contribution in [0.5, 0.6) is 11.5 Å². The molecule has 176 valence electrons. The van der Waals surface area contributed by atoms with Gasteiger partial charge in [0.2, 0.25) is 5.91 Å². The number of hydrogen-bond acceptors (Lipinski definition) is 4. The van der Waals surface area contributed by atoms with Crippen molar-refractivity contribution in [2.45, 2.75) is 12.1 Å². The Labute approximate surface area is 201 Å². The lowest BCUT2D eigenvalue weighted by Crippen LogP contribution is -2.28. The summed E-state index contributed by atoms with van der Waals surface area (Å²) in [5, 5.41) is 6.19. The Hall–Kier alpha value is -2.81. The van der Waals surface area contributed by atoms with Crippen LogP contribution in [0.2, 0.25) is 0 Å². The molecule has 1 amide bonds. The first-order valence-electron chi connectivity index (χ1n) is 9.78. The van der Waals surface area contributed by atoms with Crippen LogP contribution in [0, 0.1) is 5.92 Å². The molecule has 0 bridgehead atoms. The Bertz CT molecular complexity index is 1050. The predicted molar refractivity (Wildman–Crippen MR) is 124 cm³/mol. The van der Waals surface area contributed by atoms with Crippen molar-refractivity contribution < 1.29 is 22.7 Å². The van der Waals surface area contributed by atoms with E-state index >= 15 is 0 Å². The SMILES string of the molecule is Cl.Cl.O=C(Nc1cccc(Oc2ccc(C(F)(F)F)nc2)c1)[C@H]1CNC[C@@H]1c1ccccc1. The third-order valence-electron chi connectivity index (χ3n) is 5.14. The van der Waals surface area contributed by atoms with Crippen molar-refractivity contribution in [1.82, 2.24) is 10.3 Å². The highest BCUT2D eigenvalue weighted by Gasteiger charge is 2.34. The van der Waals surface area contributed by atoms with Crippen molar-refractivity contribution in [3.05, 3.63) is 84.2 Å². The molecule has 10 heteroatoms. The fourth-order valence-electron chi connectivity index (χ4n) is 3.62. The molecule has 4 rings (SSSR count). The topological polar surface area (TPSA) is 63.2 Å². The van der Waals surface area contributed by atoms with Crippen LogP contribution in [0.1, 0.15) is 17.2 Å². The highest BCUT2D eigenvalue weighted by Crippen LogP contribution is 2.31. The van der Waals surface area contributed by atoms with Crippen LogP contribution in [-0.4, -0.2) is 24.0 Å². The number of carbonyl (C=O) groups excluding carboxylic acids is 1. The number of halogens is 5. The van der Waals surface area contributed by atoms with Gasteiger partial charge in [-0.25, -0.2) is 4.98 Å². The van der Waals surface area contributed by atoms with Crippen molar-refractivity contribution >= 4 is 36.4 Å². The molecule has 2 atom stereocenters. The first kappa shape index (κ1) is 26.4. The number of carbonyl (C=O) groups is 1. The number of hydrogen-bond donors (Lipinski definition) is 2. The molecule has 0 saturated carbocycles. The lowest BCUT2D eigenvalue weighted by atomic mass is 9.88. The second kappa shape index (κ2) is 11.4. The van der Waals surface area contributed by atoms with Crippen LogP contribution in [-0.2, 0) is 11.0 Å². The molecule has 1 fully saturated rings. The van der Waals surface area contributed by atoms with E-state index in [1.54, 1.807) is 24.3 Å². The van der Waals surface area contributed by atoms with Crippen molar-refractivity contribution in [3.8, 4) is 11.5 Å². The van der Waals surface area contributed by atoms with E-state index < -0.39 is 11.9 Å². The van der Waals surface area contributed by atoms with Gasteiger partial charge in [0.15, 0.2) is 0 Å². The van der Waals surface area contributed by atoms with Gasteiger partial charge in [0.1, 0.15) is 17.2 Å². The van der Waals surface area contributed by atoms with Crippen LogP contribution in [0.15, 0.2) is 72.9 Å². The number of amides is 1. The molecule has 0 spiro atoms. The monoisotopic (exact) mass is 499 g/mol. The van der Waals surface area contributed by atoms with Gasteiger partial charge in [-0.1, -0.05) is 36.4 Å². The quantitative estimate of drug-likeness (QED) is 0.474. The van der Waals surface area contributed by atoms with E-state index in [2.05, 4.69) is 15.6 Å². The van der Waals surface area contributed by atoms with E-state index in [-0.39, 0.29) is 48.3 Å². The fourth-order valence-corrected chi connectivity index (χ4v) is 3.62. The number of benzene rings is 2. The average molecular weight is 500 g/mol. The summed E-state index contributed by atoms with van der Waals surface area (Å²) < 4.78 is 43.5. The maximum atomic E-state index is 12.9. The molecule has 5 nitrogen and oxygen atoms in total. The van der Waals surface area contributed by atoms with E-state index in [9.17, 15) is 18.0 Å². The molecule has 2 heterocycles.